The molecule has 5 heteroatoms. The predicted octanol–water partition coefficient (Wildman–Crippen LogP) is 2.81. The quantitative estimate of drug-likeness (QED) is 0.761. The van der Waals surface area contributed by atoms with Crippen LogP contribution in [0.4, 0.5) is 0 Å². The number of methoxy groups -OCH3 is 1. The highest BCUT2D eigenvalue weighted by Crippen LogP contribution is 2.20. The van der Waals surface area contributed by atoms with Crippen molar-refractivity contribution in [2.75, 3.05) is 25.2 Å². The van der Waals surface area contributed by atoms with Gasteiger partial charge < -0.3 is 10.1 Å². The Morgan fingerprint density at radius 1 is 1.14 bits per heavy atom. The summed E-state index contributed by atoms with van der Waals surface area (Å²) < 4.78 is 29.6. The Balaban J connectivity index is 2.88. The Morgan fingerprint density at radius 2 is 1.76 bits per heavy atom. The number of rotatable bonds is 9. The van der Waals surface area contributed by atoms with Gasteiger partial charge in [-0.1, -0.05) is 32.9 Å². The van der Waals surface area contributed by atoms with Crippen LogP contribution in [0.1, 0.15) is 38.8 Å². The summed E-state index contributed by atoms with van der Waals surface area (Å²) in [6, 6.07) is 7.42. The van der Waals surface area contributed by atoms with Crippen LogP contribution in [0.5, 0.6) is 5.75 Å². The Morgan fingerprint density at radius 3 is 2.24 bits per heavy atom. The summed E-state index contributed by atoms with van der Waals surface area (Å²) in [7, 11) is -1.45. The van der Waals surface area contributed by atoms with E-state index in [9.17, 15) is 8.42 Å². The van der Waals surface area contributed by atoms with E-state index in [0.29, 0.717) is 0 Å². The maximum atomic E-state index is 12.2. The number of ether oxygens (including phenoxy) is 1. The van der Waals surface area contributed by atoms with Crippen LogP contribution in [0.15, 0.2) is 24.3 Å². The summed E-state index contributed by atoms with van der Waals surface area (Å²) in [5, 5.41) is 3.33. The summed E-state index contributed by atoms with van der Waals surface area (Å²) in [5.41, 5.74) is 0.983. The first-order valence-electron chi connectivity index (χ1n) is 7.45. The number of hydrogen-bond acceptors (Lipinski definition) is 4. The fraction of sp³-hybridized carbons (Fsp3) is 0.625. The molecule has 1 aromatic rings. The van der Waals surface area contributed by atoms with Crippen LogP contribution >= 0.6 is 0 Å². The molecule has 120 valence electrons. The van der Waals surface area contributed by atoms with E-state index in [1.165, 1.54) is 0 Å². The third-order valence-corrected chi connectivity index (χ3v) is 5.18. The molecule has 0 aliphatic heterocycles. The van der Waals surface area contributed by atoms with Crippen LogP contribution < -0.4 is 10.1 Å². The van der Waals surface area contributed by atoms with Gasteiger partial charge in [0.2, 0.25) is 0 Å². The largest absolute Gasteiger partial charge is 0.497 e. The van der Waals surface area contributed by atoms with E-state index < -0.39 is 9.84 Å². The minimum absolute atomic E-state index is 0.136. The first kappa shape index (κ1) is 18.0. The number of hydrogen-bond donors (Lipinski definition) is 1. The van der Waals surface area contributed by atoms with Crippen LogP contribution in [0, 0.1) is 5.92 Å². The zero-order valence-corrected chi connectivity index (χ0v) is 14.2. The second kappa shape index (κ2) is 8.39. The van der Waals surface area contributed by atoms with E-state index in [0.717, 1.165) is 24.3 Å². The summed E-state index contributed by atoms with van der Waals surface area (Å²) in [6.07, 6.45) is 0.969. The Hall–Kier alpha value is -1.07. The lowest BCUT2D eigenvalue weighted by Gasteiger charge is -2.20. The van der Waals surface area contributed by atoms with Gasteiger partial charge >= 0.3 is 0 Å². The molecule has 1 rings (SSSR count). The molecule has 0 spiro atoms. The van der Waals surface area contributed by atoms with E-state index >= 15 is 0 Å². The average molecular weight is 313 g/mol. The Kier molecular flexibility index (Phi) is 7.18. The first-order valence-corrected chi connectivity index (χ1v) is 9.27. The highest BCUT2D eigenvalue weighted by Gasteiger charge is 2.21. The molecule has 0 amide bonds. The smallest absolute Gasteiger partial charge is 0.152 e. The standard InChI is InChI=1S/C16H27NO3S/c1-5-10-17-16(12-21(18,19)11-13(2)3)14-6-8-15(20-4)9-7-14/h6-9,13,16-17H,5,10-12H2,1-4H3. The molecule has 0 saturated heterocycles. The molecule has 0 aliphatic carbocycles. The van der Waals surface area contributed by atoms with Crippen molar-refractivity contribution in [2.45, 2.75) is 33.2 Å². The van der Waals surface area contributed by atoms with Gasteiger partial charge in [-0.3, -0.25) is 0 Å². The molecule has 21 heavy (non-hydrogen) atoms. The van der Waals surface area contributed by atoms with E-state index in [2.05, 4.69) is 12.2 Å². The molecule has 0 bridgehead atoms. The SMILES string of the molecule is CCCNC(CS(=O)(=O)CC(C)C)c1ccc(OC)cc1. The number of benzene rings is 1. The van der Waals surface area contributed by atoms with Crippen molar-refractivity contribution >= 4 is 9.84 Å². The molecule has 0 saturated carbocycles. The molecule has 1 N–H and O–H groups in total. The van der Waals surface area contributed by atoms with Gasteiger partial charge in [0, 0.05) is 6.04 Å². The third-order valence-electron chi connectivity index (χ3n) is 3.17. The predicted molar refractivity (Wildman–Crippen MR) is 87.5 cm³/mol. The normalized spacial score (nSPS) is 13.4. The van der Waals surface area contributed by atoms with Crippen molar-refractivity contribution < 1.29 is 13.2 Å². The first-order chi connectivity index (χ1) is 9.88. The van der Waals surface area contributed by atoms with Gasteiger partial charge in [0.05, 0.1) is 18.6 Å². The minimum Gasteiger partial charge on any atom is -0.497 e. The van der Waals surface area contributed by atoms with Crippen molar-refractivity contribution in [3.63, 3.8) is 0 Å². The fourth-order valence-corrected chi connectivity index (χ4v) is 4.23. The third kappa shape index (κ3) is 6.48. The highest BCUT2D eigenvalue weighted by atomic mass is 32.2. The molecule has 0 heterocycles. The van der Waals surface area contributed by atoms with Crippen LogP contribution in [0.2, 0.25) is 0 Å². The highest BCUT2D eigenvalue weighted by molar-refractivity contribution is 7.91. The van der Waals surface area contributed by atoms with E-state index in [1.54, 1.807) is 7.11 Å². The summed E-state index contributed by atoms with van der Waals surface area (Å²) in [5.74, 6) is 1.29. The lowest BCUT2D eigenvalue weighted by Crippen LogP contribution is -2.30. The summed E-state index contributed by atoms with van der Waals surface area (Å²) in [4.78, 5) is 0. The maximum absolute atomic E-state index is 12.2. The molecular weight excluding hydrogens is 286 g/mol. The number of sulfone groups is 1. The van der Waals surface area contributed by atoms with Crippen molar-refractivity contribution in [2.24, 2.45) is 5.92 Å². The zero-order valence-electron chi connectivity index (χ0n) is 13.4. The van der Waals surface area contributed by atoms with Crippen molar-refractivity contribution in [3.8, 4) is 5.75 Å². The monoisotopic (exact) mass is 313 g/mol. The lowest BCUT2D eigenvalue weighted by atomic mass is 10.1. The molecule has 4 nitrogen and oxygen atoms in total. The second-order valence-corrected chi connectivity index (χ2v) is 7.90. The van der Waals surface area contributed by atoms with Crippen LogP contribution in [0.25, 0.3) is 0 Å². The molecule has 0 fully saturated rings. The van der Waals surface area contributed by atoms with Crippen LogP contribution in [-0.2, 0) is 9.84 Å². The van der Waals surface area contributed by atoms with Crippen LogP contribution in [0.3, 0.4) is 0 Å². The van der Waals surface area contributed by atoms with Crippen LogP contribution in [-0.4, -0.2) is 33.6 Å². The second-order valence-electron chi connectivity index (χ2n) is 5.75. The van der Waals surface area contributed by atoms with Crippen molar-refractivity contribution in [1.82, 2.24) is 5.32 Å². The van der Waals surface area contributed by atoms with Gasteiger partial charge in [-0.05, 0) is 36.6 Å². The molecule has 0 aliphatic rings. The van der Waals surface area contributed by atoms with Gasteiger partial charge in [0.25, 0.3) is 0 Å². The molecule has 1 unspecified atom stereocenters. The minimum atomic E-state index is -3.07. The topological polar surface area (TPSA) is 55.4 Å². The van der Waals surface area contributed by atoms with Crippen molar-refractivity contribution in [1.29, 1.82) is 0 Å². The van der Waals surface area contributed by atoms with Gasteiger partial charge in [-0.15, -0.1) is 0 Å². The van der Waals surface area contributed by atoms with Gasteiger partial charge in [-0.25, -0.2) is 8.42 Å². The Labute approximate surface area is 128 Å². The summed E-state index contributed by atoms with van der Waals surface area (Å²) in [6.45, 7) is 6.73. The van der Waals surface area contributed by atoms with Gasteiger partial charge in [0.15, 0.2) is 9.84 Å². The lowest BCUT2D eigenvalue weighted by molar-refractivity contribution is 0.414. The molecule has 1 atom stereocenters. The number of nitrogens with one attached hydrogen (secondary N) is 1. The zero-order chi connectivity index (χ0) is 15.9. The van der Waals surface area contributed by atoms with E-state index in [-0.39, 0.29) is 23.5 Å². The fourth-order valence-electron chi connectivity index (χ4n) is 2.26. The molecule has 0 aromatic heterocycles. The maximum Gasteiger partial charge on any atom is 0.152 e. The van der Waals surface area contributed by atoms with Crippen molar-refractivity contribution in [3.05, 3.63) is 29.8 Å². The molecule has 1 aromatic carbocycles. The van der Waals surface area contributed by atoms with Gasteiger partial charge in [-0.2, -0.15) is 0 Å². The molecular formula is C16H27NO3S. The molecule has 0 radical (unpaired) electrons. The summed E-state index contributed by atoms with van der Waals surface area (Å²) >= 11 is 0. The Bertz CT molecular complexity index is 509. The average Bonchev–Trinajstić information content (AvgIpc) is 2.42. The van der Waals surface area contributed by atoms with E-state index in [4.69, 9.17) is 4.74 Å². The van der Waals surface area contributed by atoms with Gasteiger partial charge in [0.1, 0.15) is 5.75 Å². The van der Waals surface area contributed by atoms with E-state index in [1.807, 2.05) is 38.1 Å².